The Labute approximate surface area is 167 Å². The average Bonchev–Trinajstić information content (AvgIpc) is 3.03. The highest BCUT2D eigenvalue weighted by Crippen LogP contribution is 2.27. The van der Waals surface area contributed by atoms with Crippen molar-refractivity contribution in [3.63, 3.8) is 0 Å². The van der Waals surface area contributed by atoms with Gasteiger partial charge in [-0.05, 0) is 36.8 Å². The summed E-state index contributed by atoms with van der Waals surface area (Å²) in [5.74, 6) is 1.70. The molecule has 0 radical (unpaired) electrons. The summed E-state index contributed by atoms with van der Waals surface area (Å²) in [6.07, 6.45) is 1.79. The van der Waals surface area contributed by atoms with Gasteiger partial charge < -0.3 is 4.74 Å². The van der Waals surface area contributed by atoms with E-state index in [1.165, 1.54) is 29.5 Å². The maximum atomic E-state index is 13.2. The van der Waals surface area contributed by atoms with Crippen LogP contribution < -0.4 is 4.74 Å². The van der Waals surface area contributed by atoms with E-state index < -0.39 is 0 Å². The Kier molecular flexibility index (Phi) is 6.53. The standard InChI is InChI=1S/C20H19ClFN3OS/c1-3-10-25-19(12-26-17-8-4-14(2)5-9-17)23-24-20(25)27-13-15-6-7-16(22)11-18(15)21/h3-9,11H,1,10,12-13H2,2H3. The Morgan fingerprint density at radius 1 is 1.22 bits per heavy atom. The zero-order valence-corrected chi connectivity index (χ0v) is 16.4. The number of hydrogen-bond acceptors (Lipinski definition) is 4. The van der Waals surface area contributed by atoms with Gasteiger partial charge in [-0.25, -0.2) is 4.39 Å². The first-order valence-corrected chi connectivity index (χ1v) is 9.72. The molecular weight excluding hydrogens is 385 g/mol. The molecule has 140 valence electrons. The van der Waals surface area contributed by atoms with Crippen LogP contribution in [0, 0.1) is 12.7 Å². The fourth-order valence-electron chi connectivity index (χ4n) is 2.41. The van der Waals surface area contributed by atoms with Crippen LogP contribution in [0.2, 0.25) is 5.02 Å². The molecule has 0 spiro atoms. The smallest absolute Gasteiger partial charge is 0.191 e. The summed E-state index contributed by atoms with van der Waals surface area (Å²) in [6.45, 7) is 6.70. The number of aromatic nitrogens is 3. The topological polar surface area (TPSA) is 39.9 Å². The van der Waals surface area contributed by atoms with Gasteiger partial charge in [-0.1, -0.05) is 53.2 Å². The van der Waals surface area contributed by atoms with E-state index in [1.54, 1.807) is 12.1 Å². The lowest BCUT2D eigenvalue weighted by atomic mass is 10.2. The van der Waals surface area contributed by atoms with Gasteiger partial charge in [0, 0.05) is 17.3 Å². The van der Waals surface area contributed by atoms with Crippen molar-refractivity contribution in [3.8, 4) is 5.75 Å². The largest absolute Gasteiger partial charge is 0.486 e. The number of thioether (sulfide) groups is 1. The van der Waals surface area contributed by atoms with E-state index in [9.17, 15) is 4.39 Å². The van der Waals surface area contributed by atoms with E-state index in [0.29, 0.717) is 29.8 Å². The van der Waals surface area contributed by atoms with Crippen molar-refractivity contribution < 1.29 is 9.13 Å². The molecule has 2 aromatic carbocycles. The molecule has 0 aliphatic rings. The van der Waals surface area contributed by atoms with E-state index in [2.05, 4.69) is 16.8 Å². The second-order valence-corrected chi connectivity index (χ2v) is 7.27. The maximum Gasteiger partial charge on any atom is 0.191 e. The Morgan fingerprint density at radius 3 is 2.70 bits per heavy atom. The number of ether oxygens (including phenoxy) is 1. The molecule has 0 atom stereocenters. The van der Waals surface area contributed by atoms with Crippen LogP contribution >= 0.6 is 23.4 Å². The molecule has 0 saturated heterocycles. The Hall–Kier alpha value is -2.31. The number of rotatable bonds is 8. The summed E-state index contributed by atoms with van der Waals surface area (Å²) in [7, 11) is 0. The van der Waals surface area contributed by atoms with Crippen molar-refractivity contribution in [1.82, 2.24) is 14.8 Å². The number of allylic oxidation sites excluding steroid dienone is 1. The zero-order chi connectivity index (χ0) is 19.2. The summed E-state index contributed by atoms with van der Waals surface area (Å²) in [4.78, 5) is 0. The lowest BCUT2D eigenvalue weighted by Crippen LogP contribution is -2.07. The lowest BCUT2D eigenvalue weighted by molar-refractivity contribution is 0.289. The van der Waals surface area contributed by atoms with Crippen molar-refractivity contribution in [3.05, 3.63) is 82.9 Å². The lowest BCUT2D eigenvalue weighted by Gasteiger charge is -2.10. The van der Waals surface area contributed by atoms with E-state index in [0.717, 1.165) is 16.5 Å². The Bertz CT molecular complexity index is 927. The van der Waals surface area contributed by atoms with Crippen molar-refractivity contribution in [1.29, 1.82) is 0 Å². The summed E-state index contributed by atoms with van der Waals surface area (Å²) in [5, 5.41) is 9.63. The van der Waals surface area contributed by atoms with Crippen molar-refractivity contribution in [2.24, 2.45) is 0 Å². The number of nitrogens with zero attached hydrogens (tertiary/aromatic N) is 3. The molecule has 0 aliphatic carbocycles. The third-order valence-electron chi connectivity index (χ3n) is 3.87. The first-order chi connectivity index (χ1) is 13.1. The highest BCUT2D eigenvalue weighted by Gasteiger charge is 2.13. The van der Waals surface area contributed by atoms with Gasteiger partial charge in [-0.2, -0.15) is 0 Å². The molecule has 0 aliphatic heterocycles. The molecule has 0 N–H and O–H groups in total. The molecule has 3 rings (SSSR count). The fraction of sp³-hybridized carbons (Fsp3) is 0.200. The van der Waals surface area contributed by atoms with Crippen LogP contribution in [0.4, 0.5) is 4.39 Å². The molecule has 0 unspecified atom stereocenters. The molecule has 0 amide bonds. The number of halogens is 2. The molecular formula is C20H19ClFN3OS. The van der Waals surface area contributed by atoms with Gasteiger partial charge in [-0.3, -0.25) is 4.57 Å². The minimum atomic E-state index is -0.348. The van der Waals surface area contributed by atoms with Gasteiger partial charge in [0.2, 0.25) is 0 Å². The van der Waals surface area contributed by atoms with Gasteiger partial charge >= 0.3 is 0 Å². The molecule has 3 aromatic rings. The Morgan fingerprint density at radius 2 is 2.00 bits per heavy atom. The molecule has 4 nitrogen and oxygen atoms in total. The van der Waals surface area contributed by atoms with Gasteiger partial charge in [0.1, 0.15) is 18.2 Å². The second-order valence-electron chi connectivity index (χ2n) is 5.92. The number of aryl methyl sites for hydroxylation is 1. The maximum absolute atomic E-state index is 13.2. The first kappa shape index (κ1) is 19.5. The molecule has 0 saturated carbocycles. The van der Waals surface area contributed by atoms with Gasteiger partial charge in [0.05, 0.1) is 0 Å². The van der Waals surface area contributed by atoms with Crippen LogP contribution in [0.1, 0.15) is 17.0 Å². The van der Waals surface area contributed by atoms with Crippen LogP contribution in [0.25, 0.3) is 0 Å². The summed E-state index contributed by atoms with van der Waals surface area (Å²) >= 11 is 7.58. The van der Waals surface area contributed by atoms with Crippen molar-refractivity contribution in [2.75, 3.05) is 0 Å². The van der Waals surface area contributed by atoms with Crippen molar-refractivity contribution >= 4 is 23.4 Å². The normalized spacial score (nSPS) is 10.8. The van der Waals surface area contributed by atoms with E-state index in [1.807, 2.05) is 35.8 Å². The van der Waals surface area contributed by atoms with Crippen molar-refractivity contribution in [2.45, 2.75) is 31.0 Å². The average molecular weight is 404 g/mol. The zero-order valence-electron chi connectivity index (χ0n) is 14.9. The molecule has 0 bridgehead atoms. The SMILES string of the molecule is C=CCn1c(COc2ccc(C)cc2)nnc1SCc1ccc(F)cc1Cl. The summed E-state index contributed by atoms with van der Waals surface area (Å²) in [5.41, 5.74) is 2.02. The summed E-state index contributed by atoms with van der Waals surface area (Å²) < 4.78 is 20.9. The Balaban J connectivity index is 1.70. The monoisotopic (exact) mass is 403 g/mol. The highest BCUT2D eigenvalue weighted by molar-refractivity contribution is 7.98. The van der Waals surface area contributed by atoms with Gasteiger partial charge in [0.15, 0.2) is 11.0 Å². The molecule has 27 heavy (non-hydrogen) atoms. The fourth-order valence-corrected chi connectivity index (χ4v) is 3.69. The predicted molar refractivity (Wildman–Crippen MR) is 107 cm³/mol. The van der Waals surface area contributed by atoms with Gasteiger partial charge in [-0.15, -0.1) is 16.8 Å². The highest BCUT2D eigenvalue weighted by atomic mass is 35.5. The first-order valence-electron chi connectivity index (χ1n) is 8.36. The quantitative estimate of drug-likeness (QED) is 0.371. The van der Waals surface area contributed by atoms with Crippen LogP contribution in [0.15, 0.2) is 60.3 Å². The van der Waals surface area contributed by atoms with Crippen LogP contribution in [0.3, 0.4) is 0 Å². The predicted octanol–water partition coefficient (Wildman–Crippen LogP) is 5.44. The third kappa shape index (κ3) is 5.11. The van der Waals surface area contributed by atoms with E-state index in [-0.39, 0.29) is 5.82 Å². The number of hydrogen-bond donors (Lipinski definition) is 0. The second kappa shape index (κ2) is 9.06. The van der Waals surface area contributed by atoms with Gasteiger partial charge in [0.25, 0.3) is 0 Å². The third-order valence-corrected chi connectivity index (χ3v) is 5.23. The molecule has 1 aromatic heterocycles. The van der Waals surface area contributed by atoms with Crippen LogP contribution in [-0.4, -0.2) is 14.8 Å². The minimum Gasteiger partial charge on any atom is -0.486 e. The van der Waals surface area contributed by atoms with Crippen LogP contribution in [-0.2, 0) is 18.9 Å². The molecule has 7 heteroatoms. The van der Waals surface area contributed by atoms with Crippen LogP contribution in [0.5, 0.6) is 5.75 Å². The molecule has 1 heterocycles. The minimum absolute atomic E-state index is 0.307. The van der Waals surface area contributed by atoms with E-state index in [4.69, 9.17) is 16.3 Å². The summed E-state index contributed by atoms with van der Waals surface area (Å²) in [6, 6.07) is 12.2. The van der Waals surface area contributed by atoms with E-state index >= 15 is 0 Å². The molecule has 0 fully saturated rings. The number of benzene rings is 2.